The van der Waals surface area contributed by atoms with E-state index < -0.39 is 0 Å². The fourth-order valence-corrected chi connectivity index (χ4v) is 2.99. The Labute approximate surface area is 148 Å². The van der Waals surface area contributed by atoms with E-state index in [1.165, 1.54) is 5.69 Å². The molecule has 1 atom stereocenters. The highest BCUT2D eigenvalue weighted by molar-refractivity contribution is 5.72. The van der Waals surface area contributed by atoms with Crippen LogP contribution in [-0.2, 0) is 4.79 Å². The molecular formula is C19H24N4O2. The molecule has 0 spiro atoms. The Hall–Kier alpha value is -2.44. The van der Waals surface area contributed by atoms with Gasteiger partial charge in [-0.3, -0.25) is 14.7 Å². The van der Waals surface area contributed by atoms with Crippen LogP contribution in [0.25, 0.3) is 0 Å². The van der Waals surface area contributed by atoms with Crippen LogP contribution in [0.1, 0.15) is 12.8 Å². The van der Waals surface area contributed by atoms with Crippen molar-refractivity contribution in [3.05, 3.63) is 54.9 Å². The van der Waals surface area contributed by atoms with Crippen molar-refractivity contribution in [1.29, 1.82) is 0 Å². The number of nitrogens with two attached hydrogens (primary N) is 1. The van der Waals surface area contributed by atoms with Crippen LogP contribution in [-0.4, -0.2) is 48.2 Å². The number of piperazine rings is 1. The first-order chi connectivity index (χ1) is 12.2. The molecule has 132 valence electrons. The van der Waals surface area contributed by atoms with Gasteiger partial charge in [0.2, 0.25) is 0 Å². The normalized spacial score (nSPS) is 16.4. The molecule has 0 bridgehead atoms. The van der Waals surface area contributed by atoms with Gasteiger partial charge in [-0.05, 0) is 30.7 Å². The second-order valence-corrected chi connectivity index (χ2v) is 6.12. The average Bonchev–Trinajstić information content (AvgIpc) is 2.68. The highest BCUT2D eigenvalue weighted by Gasteiger charge is 2.22. The van der Waals surface area contributed by atoms with E-state index in [-0.39, 0.29) is 12.1 Å². The van der Waals surface area contributed by atoms with E-state index in [2.05, 4.69) is 14.8 Å². The minimum atomic E-state index is -0.239. The van der Waals surface area contributed by atoms with E-state index in [0.717, 1.165) is 26.2 Å². The van der Waals surface area contributed by atoms with Crippen molar-refractivity contribution < 1.29 is 9.53 Å². The second-order valence-electron chi connectivity index (χ2n) is 6.12. The summed E-state index contributed by atoms with van der Waals surface area (Å²) >= 11 is 0. The molecule has 1 aromatic carbocycles. The van der Waals surface area contributed by atoms with E-state index in [0.29, 0.717) is 18.6 Å². The maximum atomic E-state index is 11.9. The molecule has 1 saturated heterocycles. The van der Waals surface area contributed by atoms with Crippen LogP contribution in [0.3, 0.4) is 0 Å². The largest absolute Gasteiger partial charge is 0.427 e. The molecule has 1 unspecified atom stereocenters. The lowest BCUT2D eigenvalue weighted by Gasteiger charge is -2.38. The topological polar surface area (TPSA) is 71.7 Å². The second kappa shape index (κ2) is 8.60. The predicted molar refractivity (Wildman–Crippen MR) is 97.3 cm³/mol. The molecule has 2 N–H and O–H groups in total. The Morgan fingerprint density at radius 3 is 2.44 bits per heavy atom. The van der Waals surface area contributed by atoms with Crippen LogP contribution in [0.4, 0.5) is 5.69 Å². The third-order valence-corrected chi connectivity index (χ3v) is 4.43. The summed E-state index contributed by atoms with van der Waals surface area (Å²) in [5.41, 5.74) is 7.45. The summed E-state index contributed by atoms with van der Waals surface area (Å²) in [5, 5.41) is 0. The van der Waals surface area contributed by atoms with Crippen LogP contribution in [0.15, 0.2) is 54.9 Å². The van der Waals surface area contributed by atoms with Gasteiger partial charge in [-0.1, -0.05) is 18.2 Å². The highest BCUT2D eigenvalue weighted by atomic mass is 16.5. The molecule has 1 aliphatic heterocycles. The van der Waals surface area contributed by atoms with Gasteiger partial charge in [0.1, 0.15) is 5.75 Å². The Balaban J connectivity index is 1.40. The molecule has 6 nitrogen and oxygen atoms in total. The number of carbonyl (C=O) groups is 1. The number of nitrogens with zero attached hydrogens (tertiary/aromatic N) is 3. The van der Waals surface area contributed by atoms with Gasteiger partial charge >= 0.3 is 5.97 Å². The summed E-state index contributed by atoms with van der Waals surface area (Å²) in [6.07, 6.45) is 4.42. The Morgan fingerprint density at radius 1 is 1.08 bits per heavy atom. The van der Waals surface area contributed by atoms with Crippen molar-refractivity contribution in [2.75, 3.05) is 31.1 Å². The minimum absolute atomic E-state index is 0.122. The standard InChI is InChI=1S/C19H24N4O2/c20-18(6-7-19(24)25-17-4-2-1-3-5-17)23-14-12-22(13-15-23)16-8-10-21-11-9-16/h1-5,8-11,18H,6-7,12-15,20H2. The van der Waals surface area contributed by atoms with Crippen LogP contribution < -0.4 is 15.4 Å². The summed E-state index contributed by atoms with van der Waals surface area (Å²) in [4.78, 5) is 20.5. The molecule has 0 radical (unpaired) electrons. The van der Waals surface area contributed by atoms with E-state index in [1.807, 2.05) is 42.7 Å². The molecule has 2 aromatic rings. The van der Waals surface area contributed by atoms with E-state index in [9.17, 15) is 4.79 Å². The molecule has 1 fully saturated rings. The summed E-state index contributed by atoms with van der Waals surface area (Å²) in [6, 6.07) is 13.2. The van der Waals surface area contributed by atoms with E-state index >= 15 is 0 Å². The average molecular weight is 340 g/mol. The fourth-order valence-electron chi connectivity index (χ4n) is 2.99. The summed E-state index contributed by atoms with van der Waals surface area (Å²) in [7, 11) is 0. The van der Waals surface area contributed by atoms with Gasteiger partial charge in [-0.25, -0.2) is 0 Å². The molecule has 2 heterocycles. The summed E-state index contributed by atoms with van der Waals surface area (Å²) in [5.74, 6) is 0.337. The zero-order chi connectivity index (χ0) is 17.5. The first kappa shape index (κ1) is 17.4. The maximum Gasteiger partial charge on any atom is 0.311 e. The molecule has 1 aliphatic rings. The smallest absolute Gasteiger partial charge is 0.311 e. The van der Waals surface area contributed by atoms with Gasteiger partial charge in [0.15, 0.2) is 0 Å². The number of para-hydroxylation sites is 1. The molecule has 0 saturated carbocycles. The van der Waals surface area contributed by atoms with E-state index in [1.54, 1.807) is 12.1 Å². The predicted octanol–water partition coefficient (Wildman–Crippen LogP) is 1.87. The fraction of sp³-hybridized carbons (Fsp3) is 0.368. The number of carbonyl (C=O) groups excluding carboxylic acids is 1. The summed E-state index contributed by atoms with van der Waals surface area (Å²) < 4.78 is 5.30. The summed E-state index contributed by atoms with van der Waals surface area (Å²) in [6.45, 7) is 3.62. The number of pyridine rings is 1. The van der Waals surface area contributed by atoms with Gasteiger partial charge in [0, 0.05) is 50.7 Å². The lowest BCUT2D eigenvalue weighted by atomic mass is 10.2. The third kappa shape index (κ3) is 5.01. The van der Waals surface area contributed by atoms with Gasteiger partial charge < -0.3 is 15.4 Å². The Morgan fingerprint density at radius 2 is 1.76 bits per heavy atom. The number of rotatable bonds is 6. The number of hydrogen-bond donors (Lipinski definition) is 1. The van der Waals surface area contributed by atoms with Crippen LogP contribution in [0.5, 0.6) is 5.75 Å². The van der Waals surface area contributed by atoms with Gasteiger partial charge in [0.05, 0.1) is 6.17 Å². The Kier molecular flexibility index (Phi) is 5.98. The highest BCUT2D eigenvalue weighted by Crippen LogP contribution is 2.16. The molecular weight excluding hydrogens is 316 g/mol. The molecule has 1 aromatic heterocycles. The monoisotopic (exact) mass is 340 g/mol. The number of aromatic nitrogens is 1. The third-order valence-electron chi connectivity index (χ3n) is 4.43. The molecule has 0 aliphatic carbocycles. The lowest BCUT2D eigenvalue weighted by molar-refractivity contribution is -0.134. The van der Waals surface area contributed by atoms with Crippen molar-refractivity contribution in [2.24, 2.45) is 5.73 Å². The molecule has 6 heteroatoms. The van der Waals surface area contributed by atoms with Crippen molar-refractivity contribution in [3.63, 3.8) is 0 Å². The quantitative estimate of drug-likeness (QED) is 0.639. The van der Waals surface area contributed by atoms with Crippen LogP contribution >= 0.6 is 0 Å². The van der Waals surface area contributed by atoms with Crippen LogP contribution in [0.2, 0.25) is 0 Å². The lowest BCUT2D eigenvalue weighted by Crippen LogP contribution is -2.53. The molecule has 0 amide bonds. The first-order valence-electron chi connectivity index (χ1n) is 8.63. The molecule has 25 heavy (non-hydrogen) atoms. The van der Waals surface area contributed by atoms with Gasteiger partial charge in [-0.2, -0.15) is 0 Å². The molecule has 3 rings (SSSR count). The van der Waals surface area contributed by atoms with Gasteiger partial charge in [0.25, 0.3) is 0 Å². The number of ether oxygens (including phenoxy) is 1. The van der Waals surface area contributed by atoms with Crippen molar-refractivity contribution in [3.8, 4) is 5.75 Å². The minimum Gasteiger partial charge on any atom is -0.427 e. The van der Waals surface area contributed by atoms with Crippen molar-refractivity contribution in [1.82, 2.24) is 9.88 Å². The Bertz CT molecular complexity index is 658. The maximum absolute atomic E-state index is 11.9. The number of esters is 1. The van der Waals surface area contributed by atoms with Crippen molar-refractivity contribution >= 4 is 11.7 Å². The van der Waals surface area contributed by atoms with E-state index in [4.69, 9.17) is 10.5 Å². The zero-order valence-corrected chi connectivity index (χ0v) is 14.3. The zero-order valence-electron chi connectivity index (χ0n) is 14.3. The van der Waals surface area contributed by atoms with Crippen molar-refractivity contribution in [2.45, 2.75) is 19.0 Å². The van der Waals surface area contributed by atoms with Gasteiger partial charge in [-0.15, -0.1) is 0 Å². The SMILES string of the molecule is NC(CCC(=O)Oc1ccccc1)N1CCN(c2ccncc2)CC1. The number of hydrogen-bond acceptors (Lipinski definition) is 6. The number of anilines is 1. The first-order valence-corrected chi connectivity index (χ1v) is 8.63. The van der Waals surface area contributed by atoms with Crippen LogP contribution in [0, 0.1) is 0 Å². The number of benzene rings is 1.